The van der Waals surface area contributed by atoms with Crippen molar-refractivity contribution in [1.82, 2.24) is 9.55 Å². The number of allylic oxidation sites excluding steroid dienone is 6. The van der Waals surface area contributed by atoms with E-state index in [1.807, 2.05) is 11.8 Å². The zero-order valence-electron chi connectivity index (χ0n) is 25.3. The predicted molar refractivity (Wildman–Crippen MR) is 194 cm³/mol. The summed E-state index contributed by atoms with van der Waals surface area (Å²) in [5.41, 5.74) is 14.3. The standard InChI is InChI=1S/C43H30N2S/c1-2-14-28-27(12-1)13-11-20-29(28)37-26-41(44-38-21-8-5-17-32(37)38)45-39-22-9-6-18-33(39)35-24-25-36-31-16-4-3-15-30(31)34-19-7-10-23-40(34)46-43(36)42(35)45/h1,3-10,12,15-26H,2,11,13-14H2. The van der Waals surface area contributed by atoms with Gasteiger partial charge >= 0.3 is 0 Å². The van der Waals surface area contributed by atoms with Crippen molar-refractivity contribution in [3.05, 3.63) is 150 Å². The molecule has 2 aromatic heterocycles. The van der Waals surface area contributed by atoms with Gasteiger partial charge in [0.15, 0.2) is 0 Å². The Morgan fingerprint density at radius 2 is 1.37 bits per heavy atom. The van der Waals surface area contributed by atoms with Crippen LogP contribution in [-0.2, 0) is 0 Å². The molecule has 0 N–H and O–H groups in total. The second-order valence-electron chi connectivity index (χ2n) is 12.5. The highest BCUT2D eigenvalue weighted by molar-refractivity contribution is 7.99. The molecule has 1 aliphatic heterocycles. The molecule has 0 spiro atoms. The molecule has 3 aliphatic rings. The summed E-state index contributed by atoms with van der Waals surface area (Å²) in [6.45, 7) is 0. The minimum absolute atomic E-state index is 0.972. The average Bonchev–Trinajstić information content (AvgIpc) is 3.38. The predicted octanol–water partition coefficient (Wildman–Crippen LogP) is 12.0. The Kier molecular flexibility index (Phi) is 5.79. The summed E-state index contributed by atoms with van der Waals surface area (Å²) in [5, 5.41) is 3.73. The summed E-state index contributed by atoms with van der Waals surface area (Å²) >= 11 is 1.89. The third-order valence-corrected chi connectivity index (χ3v) is 11.2. The van der Waals surface area contributed by atoms with E-state index >= 15 is 0 Å². The summed E-state index contributed by atoms with van der Waals surface area (Å²) in [6.07, 6.45) is 11.6. The number of para-hydroxylation sites is 2. The summed E-state index contributed by atoms with van der Waals surface area (Å²) < 4.78 is 2.45. The lowest BCUT2D eigenvalue weighted by Crippen LogP contribution is -2.06. The topological polar surface area (TPSA) is 17.8 Å². The Morgan fingerprint density at radius 1 is 0.609 bits per heavy atom. The van der Waals surface area contributed by atoms with Crippen molar-refractivity contribution in [1.29, 1.82) is 0 Å². The van der Waals surface area contributed by atoms with Crippen molar-refractivity contribution in [3.8, 4) is 28.1 Å². The number of nitrogens with zero attached hydrogens (tertiary/aromatic N) is 2. The molecule has 2 aliphatic carbocycles. The van der Waals surface area contributed by atoms with Crippen LogP contribution in [0.3, 0.4) is 0 Å². The van der Waals surface area contributed by atoms with Crippen LogP contribution in [0.5, 0.6) is 0 Å². The van der Waals surface area contributed by atoms with E-state index in [4.69, 9.17) is 4.98 Å². The third-order valence-electron chi connectivity index (χ3n) is 9.97. The number of pyridine rings is 1. The fourth-order valence-electron chi connectivity index (χ4n) is 7.94. The first-order chi connectivity index (χ1) is 22.8. The van der Waals surface area contributed by atoms with Crippen LogP contribution in [0.15, 0.2) is 154 Å². The van der Waals surface area contributed by atoms with E-state index in [1.165, 1.54) is 81.5 Å². The average molecular weight is 607 g/mol. The number of aromatic nitrogens is 2. The fourth-order valence-corrected chi connectivity index (χ4v) is 9.18. The van der Waals surface area contributed by atoms with Gasteiger partial charge in [-0.25, -0.2) is 4.98 Å². The van der Waals surface area contributed by atoms with Gasteiger partial charge < -0.3 is 0 Å². The van der Waals surface area contributed by atoms with E-state index in [0.717, 1.165) is 37.0 Å². The molecule has 0 fully saturated rings. The molecule has 0 saturated heterocycles. The lowest BCUT2D eigenvalue weighted by atomic mass is 9.81. The van der Waals surface area contributed by atoms with Gasteiger partial charge in [-0.15, -0.1) is 0 Å². The second kappa shape index (κ2) is 10.2. The molecule has 2 nitrogen and oxygen atoms in total. The summed E-state index contributed by atoms with van der Waals surface area (Å²) in [6, 6.07) is 42.3. The Balaban J connectivity index is 1.32. The molecule has 10 rings (SSSR count). The van der Waals surface area contributed by atoms with Gasteiger partial charge in [0, 0.05) is 25.9 Å². The number of rotatable bonds is 2. The largest absolute Gasteiger partial charge is 0.293 e. The second-order valence-corrected chi connectivity index (χ2v) is 13.5. The first kappa shape index (κ1) is 26.1. The van der Waals surface area contributed by atoms with Crippen LogP contribution in [0.25, 0.3) is 66.4 Å². The fraction of sp³-hybridized carbons (Fsp3) is 0.0930. The van der Waals surface area contributed by atoms with E-state index in [1.54, 1.807) is 0 Å². The Hall–Kier alpha value is -5.12. The van der Waals surface area contributed by atoms with Gasteiger partial charge in [0.1, 0.15) is 5.82 Å². The lowest BCUT2D eigenvalue weighted by Gasteiger charge is -2.24. The molecule has 218 valence electrons. The Bertz CT molecular complexity index is 2510. The van der Waals surface area contributed by atoms with Gasteiger partial charge in [0.2, 0.25) is 0 Å². The molecule has 0 amide bonds. The van der Waals surface area contributed by atoms with Crippen LogP contribution < -0.4 is 0 Å². The van der Waals surface area contributed by atoms with Crippen molar-refractivity contribution in [2.24, 2.45) is 0 Å². The molecule has 3 heterocycles. The van der Waals surface area contributed by atoms with E-state index in [0.29, 0.717) is 0 Å². The maximum atomic E-state index is 5.43. The van der Waals surface area contributed by atoms with Crippen LogP contribution in [0.4, 0.5) is 0 Å². The minimum Gasteiger partial charge on any atom is -0.293 e. The first-order valence-electron chi connectivity index (χ1n) is 16.3. The maximum absolute atomic E-state index is 5.43. The summed E-state index contributed by atoms with van der Waals surface area (Å²) in [7, 11) is 0. The highest BCUT2D eigenvalue weighted by Gasteiger charge is 2.26. The molecule has 0 unspecified atom stereocenters. The van der Waals surface area contributed by atoms with Crippen LogP contribution in [-0.4, -0.2) is 9.55 Å². The van der Waals surface area contributed by atoms with E-state index in [9.17, 15) is 0 Å². The van der Waals surface area contributed by atoms with Crippen LogP contribution in [0, 0.1) is 0 Å². The highest BCUT2D eigenvalue weighted by atomic mass is 32.2. The van der Waals surface area contributed by atoms with Crippen molar-refractivity contribution in [2.45, 2.75) is 35.5 Å². The molecule has 46 heavy (non-hydrogen) atoms. The van der Waals surface area contributed by atoms with Gasteiger partial charge in [0.05, 0.1) is 16.6 Å². The molecule has 7 aromatic rings. The number of hydrogen-bond donors (Lipinski definition) is 0. The molecular formula is C43H30N2S. The van der Waals surface area contributed by atoms with Gasteiger partial charge in [-0.05, 0) is 94.5 Å². The molecule has 0 saturated carbocycles. The molecule has 0 bridgehead atoms. The number of benzene rings is 5. The monoisotopic (exact) mass is 606 g/mol. The minimum atomic E-state index is 0.972. The Morgan fingerprint density at radius 3 is 2.28 bits per heavy atom. The summed E-state index contributed by atoms with van der Waals surface area (Å²) in [5.74, 6) is 0.972. The van der Waals surface area contributed by atoms with Crippen LogP contribution >= 0.6 is 11.8 Å². The summed E-state index contributed by atoms with van der Waals surface area (Å²) in [4.78, 5) is 7.99. The zero-order chi connectivity index (χ0) is 30.2. The van der Waals surface area contributed by atoms with Crippen molar-refractivity contribution in [3.63, 3.8) is 0 Å². The van der Waals surface area contributed by atoms with Crippen LogP contribution in [0.2, 0.25) is 0 Å². The normalized spacial score (nSPS) is 15.3. The molecule has 0 atom stereocenters. The van der Waals surface area contributed by atoms with E-state index in [2.05, 4.69) is 138 Å². The number of fused-ring (bicyclic) bond motifs is 10. The van der Waals surface area contributed by atoms with Gasteiger partial charge in [0.25, 0.3) is 0 Å². The maximum Gasteiger partial charge on any atom is 0.138 e. The number of hydrogen-bond acceptors (Lipinski definition) is 2. The SMILES string of the molecule is C1=CC2=C(CC1)C(c1cc(-n3c4ccccc4c4ccc5c(c43)Sc3ccccc3-c3ccccc3-5)nc3ccccc13)=CCC2. The van der Waals surface area contributed by atoms with Gasteiger partial charge in [-0.2, -0.15) is 0 Å². The molecular weight excluding hydrogens is 577 g/mol. The smallest absolute Gasteiger partial charge is 0.138 e. The van der Waals surface area contributed by atoms with E-state index < -0.39 is 0 Å². The molecule has 5 aromatic carbocycles. The quantitative estimate of drug-likeness (QED) is 0.195. The molecule has 0 radical (unpaired) electrons. The van der Waals surface area contributed by atoms with Crippen molar-refractivity contribution < 1.29 is 0 Å². The lowest BCUT2D eigenvalue weighted by molar-refractivity contribution is 0.892. The Labute approximate surface area is 272 Å². The molecule has 3 heteroatoms. The third kappa shape index (κ3) is 3.82. The van der Waals surface area contributed by atoms with Crippen molar-refractivity contribution in [2.75, 3.05) is 0 Å². The van der Waals surface area contributed by atoms with Gasteiger partial charge in [-0.1, -0.05) is 121 Å². The van der Waals surface area contributed by atoms with Crippen molar-refractivity contribution >= 4 is 50.0 Å². The first-order valence-corrected chi connectivity index (χ1v) is 17.1. The van der Waals surface area contributed by atoms with Gasteiger partial charge in [-0.3, -0.25) is 4.57 Å². The van der Waals surface area contributed by atoms with E-state index in [-0.39, 0.29) is 0 Å². The van der Waals surface area contributed by atoms with Crippen LogP contribution in [0.1, 0.15) is 31.2 Å². The zero-order valence-corrected chi connectivity index (χ0v) is 26.1. The highest BCUT2D eigenvalue weighted by Crippen LogP contribution is 2.52.